The van der Waals surface area contributed by atoms with Gasteiger partial charge in [0, 0.05) is 62.5 Å². The summed E-state index contributed by atoms with van der Waals surface area (Å²) < 4.78 is 27.7. The molecule has 2 fully saturated rings. The molecule has 2 aromatic carbocycles. The summed E-state index contributed by atoms with van der Waals surface area (Å²) in [4.78, 5) is 22.7. The molecule has 7 rings (SSSR count). The van der Waals surface area contributed by atoms with Crippen LogP contribution in [-0.2, 0) is 24.4 Å². The number of carbonyl (C=O) groups excluding carboxylic acids is 1. The lowest BCUT2D eigenvalue weighted by molar-refractivity contribution is -0.0167. The molecule has 1 amide bonds. The van der Waals surface area contributed by atoms with Crippen LogP contribution in [0, 0.1) is 11.7 Å². The Morgan fingerprint density at radius 3 is 2.70 bits per heavy atom. The first kappa shape index (κ1) is 28.5. The number of pyridine rings is 1. The zero-order valence-electron chi connectivity index (χ0n) is 25.3. The second-order valence-electron chi connectivity index (χ2n) is 13.9. The molecule has 0 saturated carbocycles. The first-order valence-electron chi connectivity index (χ1n) is 15.5. The molecule has 8 nitrogen and oxygen atoms in total. The third-order valence-corrected chi connectivity index (χ3v) is 9.81. The van der Waals surface area contributed by atoms with Gasteiger partial charge in [0.25, 0.3) is 5.91 Å². The highest BCUT2D eigenvalue weighted by Crippen LogP contribution is 2.44. The summed E-state index contributed by atoms with van der Waals surface area (Å²) in [6, 6.07) is 9.18. The van der Waals surface area contributed by atoms with Gasteiger partial charge in [-0.1, -0.05) is 13.0 Å². The van der Waals surface area contributed by atoms with Crippen molar-refractivity contribution >= 4 is 22.6 Å². The van der Waals surface area contributed by atoms with Crippen LogP contribution in [0.5, 0.6) is 5.75 Å². The summed E-state index contributed by atoms with van der Waals surface area (Å²) in [6.07, 6.45) is 4.48. The Balaban J connectivity index is 1.15. The van der Waals surface area contributed by atoms with Crippen molar-refractivity contribution in [2.75, 3.05) is 31.9 Å². The highest BCUT2D eigenvalue weighted by atomic mass is 19.1. The summed E-state index contributed by atoms with van der Waals surface area (Å²) in [7, 11) is 0. The monoisotopic (exact) mass is 588 g/mol. The van der Waals surface area contributed by atoms with E-state index in [1.807, 2.05) is 18.7 Å². The first-order valence-corrected chi connectivity index (χ1v) is 15.5. The summed E-state index contributed by atoms with van der Waals surface area (Å²) in [5.41, 5.74) is 9.64. The Kier molecular flexibility index (Phi) is 6.91. The largest absolute Gasteiger partial charge is 0.487 e. The van der Waals surface area contributed by atoms with E-state index in [2.05, 4.69) is 35.0 Å². The standard InChI is InChI=1S/C34H41FN4O4/c1-20-4-6-29(21-5-7-30-22(12-21)15-34(43-30)8-10-38(11-9-34)19-33(2,3)41)39(16-20)32(40)24-13-23-25-17-42-18-26(25)31(36)37-28(23)14-27(24)35/h5,7,12-14,20,29,41H,4,6,8-11,15-19H2,1-3H3,(H2,36,37)/t20-,29?/m0/s1. The molecule has 9 heteroatoms. The zero-order valence-corrected chi connectivity index (χ0v) is 25.3. The molecular weight excluding hydrogens is 547 g/mol. The van der Waals surface area contributed by atoms with Crippen molar-refractivity contribution in [1.29, 1.82) is 0 Å². The van der Waals surface area contributed by atoms with Crippen LogP contribution in [-0.4, -0.2) is 63.2 Å². The minimum Gasteiger partial charge on any atom is -0.487 e. The molecule has 0 radical (unpaired) electrons. The van der Waals surface area contributed by atoms with Crippen molar-refractivity contribution in [2.45, 2.75) is 83.3 Å². The number of β-amino-alcohol motifs (C(OH)–C–C–N with tert-alkyl or cyclic N) is 1. The maximum atomic E-state index is 15.5. The van der Waals surface area contributed by atoms with Crippen LogP contribution >= 0.6 is 0 Å². The second-order valence-corrected chi connectivity index (χ2v) is 13.9. The molecule has 5 heterocycles. The van der Waals surface area contributed by atoms with Gasteiger partial charge in [-0.15, -0.1) is 0 Å². The maximum absolute atomic E-state index is 15.5. The molecule has 4 aliphatic heterocycles. The third-order valence-electron chi connectivity index (χ3n) is 9.81. The number of nitrogens with zero attached hydrogens (tertiary/aromatic N) is 3. The SMILES string of the molecule is C[C@H]1CCC(c2ccc3c(c2)CC2(CCN(CC(C)(C)O)CC2)O3)N(C(=O)c2cc3c4c(c(N)nc3cc2F)COC4)C1. The molecule has 0 aliphatic carbocycles. The number of fused-ring (bicyclic) bond motifs is 4. The lowest BCUT2D eigenvalue weighted by Crippen LogP contribution is -2.50. The zero-order chi connectivity index (χ0) is 30.1. The van der Waals surface area contributed by atoms with Crippen molar-refractivity contribution in [3.63, 3.8) is 0 Å². The van der Waals surface area contributed by atoms with Crippen LogP contribution in [0.1, 0.15) is 85.1 Å². The number of nitrogen functional groups attached to an aromatic ring is 1. The average molecular weight is 589 g/mol. The average Bonchev–Trinajstić information content (AvgIpc) is 3.58. The fraction of sp³-hybridized carbons (Fsp3) is 0.529. The number of anilines is 1. The third kappa shape index (κ3) is 5.25. The van der Waals surface area contributed by atoms with Gasteiger partial charge in [0.15, 0.2) is 0 Å². The fourth-order valence-electron chi connectivity index (χ4n) is 7.64. The Bertz CT molecular complexity index is 1590. The number of halogens is 1. The summed E-state index contributed by atoms with van der Waals surface area (Å²) in [5.74, 6) is 0.710. The van der Waals surface area contributed by atoms with Crippen LogP contribution < -0.4 is 10.5 Å². The number of hydrogen-bond donors (Lipinski definition) is 2. The van der Waals surface area contributed by atoms with E-state index in [4.69, 9.17) is 15.2 Å². The van der Waals surface area contributed by atoms with Gasteiger partial charge in [0.2, 0.25) is 0 Å². The number of aromatic nitrogens is 1. The van der Waals surface area contributed by atoms with E-state index >= 15 is 4.39 Å². The molecule has 1 unspecified atom stereocenters. The van der Waals surface area contributed by atoms with E-state index in [9.17, 15) is 9.90 Å². The maximum Gasteiger partial charge on any atom is 0.257 e. The van der Waals surface area contributed by atoms with Crippen LogP contribution in [0.4, 0.5) is 10.2 Å². The molecule has 0 bridgehead atoms. The summed E-state index contributed by atoms with van der Waals surface area (Å²) >= 11 is 0. The Morgan fingerprint density at radius 1 is 1.16 bits per heavy atom. The Morgan fingerprint density at radius 2 is 1.93 bits per heavy atom. The normalized spacial score (nSPS) is 23.4. The summed E-state index contributed by atoms with van der Waals surface area (Å²) in [5, 5.41) is 11.0. The van der Waals surface area contributed by atoms with Crippen LogP contribution in [0.15, 0.2) is 30.3 Å². The Labute approximate surface area is 252 Å². The van der Waals surface area contributed by atoms with Crippen molar-refractivity contribution < 1.29 is 23.8 Å². The Hall–Kier alpha value is -3.27. The predicted octanol–water partition coefficient (Wildman–Crippen LogP) is 5.14. The van der Waals surface area contributed by atoms with E-state index in [1.165, 1.54) is 11.6 Å². The molecular formula is C34H41FN4O4. The smallest absolute Gasteiger partial charge is 0.257 e. The number of nitrogens with two attached hydrogens (primary N) is 1. The fourth-order valence-corrected chi connectivity index (χ4v) is 7.64. The first-order chi connectivity index (χ1) is 20.5. The highest BCUT2D eigenvalue weighted by molar-refractivity contribution is 6.00. The molecule has 3 N–H and O–H groups in total. The van der Waals surface area contributed by atoms with Crippen LogP contribution in [0.2, 0.25) is 0 Å². The van der Waals surface area contributed by atoms with Crippen molar-refractivity contribution in [3.8, 4) is 5.75 Å². The van der Waals surface area contributed by atoms with Crippen molar-refractivity contribution in [3.05, 3.63) is 64.0 Å². The second kappa shape index (κ2) is 10.4. The van der Waals surface area contributed by atoms with E-state index in [0.717, 1.165) is 73.0 Å². The van der Waals surface area contributed by atoms with Crippen LogP contribution in [0.25, 0.3) is 10.9 Å². The minimum absolute atomic E-state index is 0.0635. The van der Waals surface area contributed by atoms with Gasteiger partial charge in [-0.2, -0.15) is 0 Å². The minimum atomic E-state index is -0.713. The number of carbonyl (C=O) groups is 1. The number of piperidine rings is 2. The number of likely N-dealkylation sites (tertiary alicyclic amines) is 2. The topological polar surface area (TPSA) is 101 Å². The quantitative estimate of drug-likeness (QED) is 0.435. The van der Waals surface area contributed by atoms with E-state index < -0.39 is 11.4 Å². The molecule has 228 valence electrons. The van der Waals surface area contributed by atoms with Crippen molar-refractivity contribution in [1.82, 2.24) is 14.8 Å². The van der Waals surface area contributed by atoms with Gasteiger partial charge in [-0.05, 0) is 67.5 Å². The van der Waals surface area contributed by atoms with E-state index in [-0.39, 0.29) is 23.1 Å². The molecule has 4 aliphatic rings. The van der Waals surface area contributed by atoms with Gasteiger partial charge in [-0.3, -0.25) is 4.79 Å². The highest BCUT2D eigenvalue weighted by Gasteiger charge is 2.43. The number of hydrogen-bond acceptors (Lipinski definition) is 7. The number of benzene rings is 2. The van der Waals surface area contributed by atoms with Gasteiger partial charge in [0.05, 0.1) is 35.9 Å². The summed E-state index contributed by atoms with van der Waals surface area (Å²) in [6.45, 7) is 9.60. The predicted molar refractivity (Wildman–Crippen MR) is 162 cm³/mol. The number of rotatable bonds is 4. The van der Waals surface area contributed by atoms with Gasteiger partial charge < -0.3 is 30.1 Å². The molecule has 43 heavy (non-hydrogen) atoms. The lowest BCUT2D eigenvalue weighted by Gasteiger charge is -2.40. The molecule has 1 aromatic heterocycles. The van der Waals surface area contributed by atoms with E-state index in [1.54, 1.807) is 6.07 Å². The number of amides is 1. The van der Waals surface area contributed by atoms with Crippen LogP contribution in [0.3, 0.4) is 0 Å². The van der Waals surface area contributed by atoms with E-state index in [0.29, 0.717) is 43.6 Å². The van der Waals surface area contributed by atoms with Gasteiger partial charge in [0.1, 0.15) is 23.0 Å². The van der Waals surface area contributed by atoms with Gasteiger partial charge in [-0.25, -0.2) is 9.37 Å². The molecule has 3 aromatic rings. The molecule has 2 atom stereocenters. The molecule has 1 spiro atoms. The van der Waals surface area contributed by atoms with Crippen molar-refractivity contribution in [2.24, 2.45) is 5.92 Å². The van der Waals surface area contributed by atoms with Gasteiger partial charge >= 0.3 is 0 Å². The number of ether oxygens (including phenoxy) is 2. The lowest BCUT2D eigenvalue weighted by atomic mass is 9.85. The number of aliphatic hydroxyl groups is 1. The molecule has 2 saturated heterocycles.